The zero-order valence-corrected chi connectivity index (χ0v) is 12.5. The van der Waals surface area contributed by atoms with Gasteiger partial charge in [-0.2, -0.15) is 0 Å². The van der Waals surface area contributed by atoms with Crippen molar-refractivity contribution < 1.29 is 0 Å². The largest absolute Gasteiger partial charge is 0.326 e. The molecular formula is C16H25N3. The monoisotopic (exact) mass is 259 g/mol. The Balaban J connectivity index is 2.58. The molecule has 3 nitrogen and oxygen atoms in total. The Hall–Kier alpha value is -1.35. The van der Waals surface area contributed by atoms with Crippen molar-refractivity contribution in [2.24, 2.45) is 5.73 Å². The van der Waals surface area contributed by atoms with Crippen LogP contribution < -0.4 is 5.73 Å². The fourth-order valence-electron chi connectivity index (χ4n) is 2.63. The number of hydrogen-bond donors (Lipinski definition) is 1. The molecule has 0 unspecified atom stereocenters. The first-order valence-corrected chi connectivity index (χ1v) is 7.20. The molecule has 0 saturated carbocycles. The molecule has 0 spiro atoms. The van der Waals surface area contributed by atoms with Gasteiger partial charge in [0.1, 0.15) is 5.82 Å². The van der Waals surface area contributed by atoms with Gasteiger partial charge in [0, 0.05) is 18.0 Å². The number of nitrogens with zero attached hydrogens (tertiary/aromatic N) is 2. The van der Waals surface area contributed by atoms with Crippen LogP contribution in [0.2, 0.25) is 0 Å². The third-order valence-electron chi connectivity index (χ3n) is 3.60. The van der Waals surface area contributed by atoms with E-state index in [-0.39, 0.29) is 5.54 Å². The summed E-state index contributed by atoms with van der Waals surface area (Å²) in [7, 11) is 0. The van der Waals surface area contributed by atoms with Crippen LogP contribution in [0.1, 0.15) is 52.3 Å². The van der Waals surface area contributed by atoms with Gasteiger partial charge in [-0.1, -0.05) is 26.0 Å². The molecule has 0 amide bonds. The van der Waals surface area contributed by atoms with E-state index >= 15 is 0 Å². The first-order chi connectivity index (χ1) is 8.96. The average molecular weight is 259 g/mol. The zero-order valence-electron chi connectivity index (χ0n) is 12.5. The third-order valence-corrected chi connectivity index (χ3v) is 3.60. The molecule has 0 radical (unpaired) electrons. The van der Waals surface area contributed by atoms with Crippen molar-refractivity contribution in [1.82, 2.24) is 9.55 Å². The highest BCUT2D eigenvalue weighted by Crippen LogP contribution is 2.27. The Morgan fingerprint density at radius 2 is 1.84 bits per heavy atom. The first-order valence-electron chi connectivity index (χ1n) is 7.20. The van der Waals surface area contributed by atoms with Gasteiger partial charge in [-0.25, -0.2) is 4.98 Å². The number of rotatable bonds is 5. The summed E-state index contributed by atoms with van der Waals surface area (Å²) in [5.74, 6) is 1.69. The second kappa shape index (κ2) is 5.33. The van der Waals surface area contributed by atoms with Gasteiger partial charge in [-0.15, -0.1) is 0 Å². The molecule has 1 aromatic heterocycles. The summed E-state index contributed by atoms with van der Waals surface area (Å²) in [4.78, 5) is 4.85. The summed E-state index contributed by atoms with van der Waals surface area (Å²) in [5.41, 5.74) is 8.26. The van der Waals surface area contributed by atoms with Crippen LogP contribution in [0.4, 0.5) is 0 Å². The number of fused-ring (bicyclic) bond motifs is 1. The van der Waals surface area contributed by atoms with Crippen LogP contribution in [0.5, 0.6) is 0 Å². The molecule has 0 aliphatic rings. The molecule has 0 aliphatic carbocycles. The quantitative estimate of drug-likeness (QED) is 0.890. The minimum Gasteiger partial charge on any atom is -0.326 e. The van der Waals surface area contributed by atoms with E-state index < -0.39 is 0 Å². The molecule has 104 valence electrons. The number of nitrogens with two attached hydrogens (primary N) is 1. The van der Waals surface area contributed by atoms with Crippen molar-refractivity contribution in [3.63, 3.8) is 0 Å². The van der Waals surface area contributed by atoms with E-state index in [0.29, 0.717) is 5.92 Å². The van der Waals surface area contributed by atoms with Crippen LogP contribution >= 0.6 is 0 Å². The molecule has 2 N–H and O–H groups in total. The Morgan fingerprint density at radius 3 is 2.42 bits per heavy atom. The van der Waals surface area contributed by atoms with Gasteiger partial charge in [-0.3, -0.25) is 0 Å². The third kappa shape index (κ3) is 2.98. The van der Waals surface area contributed by atoms with Crippen LogP contribution in [-0.2, 0) is 6.54 Å². The van der Waals surface area contributed by atoms with Crippen molar-refractivity contribution >= 4 is 11.0 Å². The molecule has 1 aromatic carbocycles. The van der Waals surface area contributed by atoms with Gasteiger partial charge in [0.2, 0.25) is 0 Å². The molecule has 0 atom stereocenters. The summed E-state index contributed by atoms with van der Waals surface area (Å²) in [6.45, 7) is 9.40. The van der Waals surface area contributed by atoms with Crippen LogP contribution in [0.15, 0.2) is 24.3 Å². The second-order valence-electron chi connectivity index (χ2n) is 6.05. The number of imidazole rings is 1. The minimum atomic E-state index is -0.232. The smallest absolute Gasteiger partial charge is 0.113 e. The lowest BCUT2D eigenvalue weighted by Crippen LogP contribution is -2.37. The van der Waals surface area contributed by atoms with E-state index in [9.17, 15) is 0 Å². The lowest BCUT2D eigenvalue weighted by molar-refractivity contribution is 0.419. The maximum absolute atomic E-state index is 6.22. The molecule has 0 saturated heterocycles. The predicted molar refractivity (Wildman–Crippen MR) is 81.3 cm³/mol. The van der Waals surface area contributed by atoms with E-state index in [4.69, 9.17) is 10.7 Å². The van der Waals surface area contributed by atoms with Gasteiger partial charge >= 0.3 is 0 Å². The molecular weight excluding hydrogens is 234 g/mol. The first kappa shape index (κ1) is 14.1. The van der Waals surface area contributed by atoms with Crippen molar-refractivity contribution in [3.8, 4) is 0 Å². The zero-order chi connectivity index (χ0) is 14.0. The van der Waals surface area contributed by atoms with E-state index in [0.717, 1.165) is 24.9 Å². The second-order valence-corrected chi connectivity index (χ2v) is 6.05. The predicted octanol–water partition coefficient (Wildman–Crippen LogP) is 3.68. The number of aromatic nitrogens is 2. The standard InChI is InChI=1S/C16H25N3/c1-5-12(6-2)15-18-13-9-7-8-10-14(13)19(15)11-16(3,4)17/h7-10,12H,5-6,11,17H2,1-4H3. The summed E-state index contributed by atoms with van der Waals surface area (Å²) in [6, 6.07) is 8.34. The molecule has 3 heteroatoms. The van der Waals surface area contributed by atoms with Crippen LogP contribution in [0.3, 0.4) is 0 Å². The van der Waals surface area contributed by atoms with E-state index in [1.807, 2.05) is 6.07 Å². The molecule has 2 aromatic rings. The van der Waals surface area contributed by atoms with Crippen LogP contribution in [0, 0.1) is 0 Å². The van der Waals surface area contributed by atoms with E-state index in [2.05, 4.69) is 50.5 Å². The summed E-state index contributed by atoms with van der Waals surface area (Å²) in [5, 5.41) is 0. The highest BCUT2D eigenvalue weighted by molar-refractivity contribution is 5.76. The SMILES string of the molecule is CCC(CC)c1nc2ccccc2n1CC(C)(C)N. The Bertz CT molecular complexity index is 545. The number of para-hydroxylation sites is 2. The van der Waals surface area contributed by atoms with Gasteiger partial charge in [-0.05, 0) is 38.8 Å². The van der Waals surface area contributed by atoms with Gasteiger partial charge in [0.25, 0.3) is 0 Å². The molecule has 2 rings (SSSR count). The van der Waals surface area contributed by atoms with Crippen molar-refractivity contribution in [3.05, 3.63) is 30.1 Å². The fourth-order valence-corrected chi connectivity index (χ4v) is 2.63. The normalized spacial score (nSPS) is 12.5. The van der Waals surface area contributed by atoms with Gasteiger partial charge in [0.05, 0.1) is 11.0 Å². The van der Waals surface area contributed by atoms with Crippen molar-refractivity contribution in [2.75, 3.05) is 0 Å². The Kier molecular flexibility index (Phi) is 3.95. The van der Waals surface area contributed by atoms with E-state index in [1.54, 1.807) is 0 Å². The molecule has 0 fully saturated rings. The van der Waals surface area contributed by atoms with Crippen LogP contribution in [-0.4, -0.2) is 15.1 Å². The molecule has 1 heterocycles. The van der Waals surface area contributed by atoms with Crippen molar-refractivity contribution in [2.45, 2.75) is 58.5 Å². The lowest BCUT2D eigenvalue weighted by atomic mass is 10.0. The molecule has 0 aliphatic heterocycles. The summed E-state index contributed by atoms with van der Waals surface area (Å²) >= 11 is 0. The Morgan fingerprint density at radius 1 is 1.21 bits per heavy atom. The van der Waals surface area contributed by atoms with Crippen LogP contribution in [0.25, 0.3) is 11.0 Å². The molecule has 19 heavy (non-hydrogen) atoms. The Labute approximate surface area is 115 Å². The highest BCUT2D eigenvalue weighted by atomic mass is 15.1. The maximum Gasteiger partial charge on any atom is 0.113 e. The minimum absolute atomic E-state index is 0.232. The average Bonchev–Trinajstić information content (AvgIpc) is 2.68. The number of hydrogen-bond acceptors (Lipinski definition) is 2. The van der Waals surface area contributed by atoms with Gasteiger partial charge < -0.3 is 10.3 Å². The summed E-state index contributed by atoms with van der Waals surface area (Å²) < 4.78 is 2.31. The topological polar surface area (TPSA) is 43.8 Å². The van der Waals surface area contributed by atoms with Gasteiger partial charge in [0.15, 0.2) is 0 Å². The van der Waals surface area contributed by atoms with E-state index in [1.165, 1.54) is 11.3 Å². The summed E-state index contributed by atoms with van der Waals surface area (Å²) in [6.07, 6.45) is 2.23. The van der Waals surface area contributed by atoms with Crippen molar-refractivity contribution in [1.29, 1.82) is 0 Å². The molecule has 0 bridgehead atoms. The number of benzene rings is 1. The lowest BCUT2D eigenvalue weighted by Gasteiger charge is -2.23. The fraction of sp³-hybridized carbons (Fsp3) is 0.562. The highest BCUT2D eigenvalue weighted by Gasteiger charge is 2.21. The maximum atomic E-state index is 6.22.